The number of anilines is 1. The lowest BCUT2D eigenvalue weighted by molar-refractivity contribution is 0.101. The fourth-order valence-electron chi connectivity index (χ4n) is 2.46. The highest BCUT2D eigenvalue weighted by atomic mass is 16.5. The molecule has 3 nitrogen and oxygen atoms in total. The fraction of sp³-hybridized carbons (Fsp3) is 0.211. The van der Waals surface area contributed by atoms with Crippen molar-refractivity contribution in [1.29, 1.82) is 0 Å². The molecule has 0 bridgehead atoms. The average Bonchev–Trinajstić information content (AvgIpc) is 2.77. The SMILES string of the molecule is Cc1cc2c(cc1C)C(=O)/C(=C/c1ccc(N(C)C)cc1)O2. The zero-order valence-electron chi connectivity index (χ0n) is 13.3. The molecule has 0 N–H and O–H groups in total. The van der Waals surface area contributed by atoms with E-state index in [1.165, 1.54) is 0 Å². The number of nitrogens with zero attached hydrogens (tertiary/aromatic N) is 1. The summed E-state index contributed by atoms with van der Waals surface area (Å²) < 4.78 is 5.74. The van der Waals surface area contributed by atoms with E-state index < -0.39 is 0 Å². The molecule has 0 atom stereocenters. The third-order valence-electron chi connectivity index (χ3n) is 3.99. The molecule has 0 aliphatic carbocycles. The average molecular weight is 293 g/mol. The Bertz CT molecular complexity index is 771. The molecule has 0 radical (unpaired) electrons. The van der Waals surface area contributed by atoms with E-state index >= 15 is 0 Å². The predicted molar refractivity (Wildman–Crippen MR) is 89.6 cm³/mol. The zero-order chi connectivity index (χ0) is 15.9. The zero-order valence-corrected chi connectivity index (χ0v) is 13.3. The highest BCUT2D eigenvalue weighted by Gasteiger charge is 2.27. The third kappa shape index (κ3) is 2.50. The number of ketones is 1. The van der Waals surface area contributed by atoms with E-state index in [0.29, 0.717) is 17.1 Å². The van der Waals surface area contributed by atoms with Gasteiger partial charge in [-0.1, -0.05) is 12.1 Å². The van der Waals surface area contributed by atoms with Gasteiger partial charge in [-0.15, -0.1) is 0 Å². The normalized spacial score (nSPS) is 14.9. The van der Waals surface area contributed by atoms with Crippen LogP contribution in [-0.2, 0) is 0 Å². The van der Waals surface area contributed by atoms with Crippen molar-refractivity contribution in [3.63, 3.8) is 0 Å². The second-order valence-electron chi connectivity index (χ2n) is 5.86. The number of hydrogen-bond donors (Lipinski definition) is 0. The van der Waals surface area contributed by atoms with E-state index in [2.05, 4.69) is 0 Å². The van der Waals surface area contributed by atoms with Gasteiger partial charge in [0.25, 0.3) is 0 Å². The molecule has 1 aliphatic rings. The summed E-state index contributed by atoms with van der Waals surface area (Å²) in [4.78, 5) is 14.5. The maximum atomic E-state index is 12.4. The van der Waals surface area contributed by atoms with Crippen LogP contribution >= 0.6 is 0 Å². The molecule has 0 amide bonds. The number of benzene rings is 2. The number of allylic oxidation sites excluding steroid dienone is 1. The van der Waals surface area contributed by atoms with E-state index in [9.17, 15) is 4.79 Å². The van der Waals surface area contributed by atoms with Gasteiger partial charge in [0.1, 0.15) is 5.75 Å². The lowest BCUT2D eigenvalue weighted by Gasteiger charge is -2.11. The van der Waals surface area contributed by atoms with Crippen LogP contribution in [0.15, 0.2) is 42.2 Å². The number of fused-ring (bicyclic) bond motifs is 1. The van der Waals surface area contributed by atoms with E-state index in [0.717, 1.165) is 22.4 Å². The number of carbonyl (C=O) groups excluding carboxylic acids is 1. The Morgan fingerprint density at radius 2 is 1.64 bits per heavy atom. The molecule has 0 saturated carbocycles. The van der Waals surface area contributed by atoms with Crippen LogP contribution in [0.5, 0.6) is 5.75 Å². The van der Waals surface area contributed by atoms with Crippen molar-refractivity contribution < 1.29 is 9.53 Å². The number of aryl methyl sites for hydroxylation is 2. The molecule has 2 aromatic rings. The second kappa shape index (κ2) is 5.34. The molecule has 3 rings (SSSR count). The van der Waals surface area contributed by atoms with Gasteiger partial charge in [-0.25, -0.2) is 0 Å². The summed E-state index contributed by atoms with van der Waals surface area (Å²) in [5.74, 6) is 0.997. The Kier molecular flexibility index (Phi) is 3.49. The van der Waals surface area contributed by atoms with Crippen LogP contribution in [0.4, 0.5) is 5.69 Å². The number of rotatable bonds is 2. The second-order valence-corrected chi connectivity index (χ2v) is 5.86. The quantitative estimate of drug-likeness (QED) is 0.784. The highest BCUT2D eigenvalue weighted by molar-refractivity contribution is 6.14. The smallest absolute Gasteiger partial charge is 0.231 e. The van der Waals surface area contributed by atoms with Gasteiger partial charge in [-0.2, -0.15) is 0 Å². The molecule has 0 aromatic heterocycles. The van der Waals surface area contributed by atoms with E-state index in [4.69, 9.17) is 4.74 Å². The van der Waals surface area contributed by atoms with Crippen LogP contribution < -0.4 is 9.64 Å². The fourth-order valence-corrected chi connectivity index (χ4v) is 2.46. The third-order valence-corrected chi connectivity index (χ3v) is 3.99. The Labute approximate surface area is 130 Å². The van der Waals surface area contributed by atoms with Gasteiger partial charge in [0.05, 0.1) is 5.56 Å². The standard InChI is InChI=1S/C19H19NO2/c1-12-9-16-17(10-13(12)2)22-18(19(16)21)11-14-5-7-15(8-6-14)20(3)4/h5-11H,1-4H3/b18-11-. The first kappa shape index (κ1) is 14.4. The van der Waals surface area contributed by atoms with E-state index in [1.54, 1.807) is 6.08 Å². The van der Waals surface area contributed by atoms with Crippen LogP contribution in [0.1, 0.15) is 27.0 Å². The maximum absolute atomic E-state index is 12.4. The minimum absolute atomic E-state index is 0.0465. The molecule has 1 heterocycles. The number of ether oxygens (including phenoxy) is 1. The molecule has 3 heteroatoms. The molecule has 0 spiro atoms. The minimum Gasteiger partial charge on any atom is -0.452 e. The van der Waals surface area contributed by atoms with Gasteiger partial charge < -0.3 is 9.64 Å². The van der Waals surface area contributed by atoms with Gasteiger partial charge in [-0.3, -0.25) is 4.79 Å². The summed E-state index contributed by atoms with van der Waals surface area (Å²) in [5, 5.41) is 0. The van der Waals surface area contributed by atoms with Crippen molar-refractivity contribution in [1.82, 2.24) is 0 Å². The predicted octanol–water partition coefficient (Wildman–Crippen LogP) is 3.99. The lowest BCUT2D eigenvalue weighted by Crippen LogP contribution is -2.08. The monoisotopic (exact) mass is 293 g/mol. The first-order valence-electron chi connectivity index (χ1n) is 7.28. The van der Waals surface area contributed by atoms with Crippen molar-refractivity contribution in [2.75, 3.05) is 19.0 Å². The molecule has 112 valence electrons. The number of carbonyl (C=O) groups is 1. The molecule has 0 saturated heterocycles. The summed E-state index contributed by atoms with van der Waals surface area (Å²) >= 11 is 0. The Balaban J connectivity index is 1.92. The Morgan fingerprint density at radius 1 is 1.00 bits per heavy atom. The van der Waals surface area contributed by atoms with Crippen molar-refractivity contribution in [3.05, 3.63) is 64.4 Å². The lowest BCUT2D eigenvalue weighted by atomic mass is 10.0. The number of Topliss-reactive ketones (excluding diaryl/α,β-unsaturated/α-hetero) is 1. The van der Waals surface area contributed by atoms with E-state index in [1.807, 2.05) is 69.2 Å². The minimum atomic E-state index is -0.0465. The molecular weight excluding hydrogens is 274 g/mol. The van der Waals surface area contributed by atoms with Gasteiger partial charge >= 0.3 is 0 Å². The molecule has 2 aromatic carbocycles. The van der Waals surface area contributed by atoms with Crippen LogP contribution in [0.2, 0.25) is 0 Å². The van der Waals surface area contributed by atoms with Crippen LogP contribution in [0.25, 0.3) is 6.08 Å². The van der Waals surface area contributed by atoms with Gasteiger partial charge in [-0.05, 0) is 60.9 Å². The summed E-state index contributed by atoms with van der Waals surface area (Å²) in [6.07, 6.45) is 1.80. The Hall–Kier alpha value is -2.55. The first-order chi connectivity index (χ1) is 10.5. The summed E-state index contributed by atoms with van der Waals surface area (Å²) in [6, 6.07) is 11.8. The molecule has 0 unspecified atom stereocenters. The topological polar surface area (TPSA) is 29.5 Å². The van der Waals surface area contributed by atoms with Crippen molar-refractivity contribution in [2.45, 2.75) is 13.8 Å². The van der Waals surface area contributed by atoms with Gasteiger partial charge in [0.15, 0.2) is 5.76 Å². The Morgan fingerprint density at radius 3 is 2.27 bits per heavy atom. The maximum Gasteiger partial charge on any atom is 0.231 e. The van der Waals surface area contributed by atoms with E-state index in [-0.39, 0.29) is 5.78 Å². The first-order valence-corrected chi connectivity index (χ1v) is 7.28. The van der Waals surface area contributed by atoms with Gasteiger partial charge in [0, 0.05) is 19.8 Å². The summed E-state index contributed by atoms with van der Waals surface area (Å²) in [6.45, 7) is 4.02. The summed E-state index contributed by atoms with van der Waals surface area (Å²) in [7, 11) is 4.00. The molecule has 1 aliphatic heterocycles. The molecular formula is C19H19NO2. The van der Waals surface area contributed by atoms with Crippen LogP contribution in [0, 0.1) is 13.8 Å². The van der Waals surface area contributed by atoms with Gasteiger partial charge in [0.2, 0.25) is 5.78 Å². The largest absolute Gasteiger partial charge is 0.452 e. The number of hydrogen-bond acceptors (Lipinski definition) is 3. The molecule has 22 heavy (non-hydrogen) atoms. The highest BCUT2D eigenvalue weighted by Crippen LogP contribution is 2.34. The van der Waals surface area contributed by atoms with Crippen molar-refractivity contribution in [3.8, 4) is 5.75 Å². The van der Waals surface area contributed by atoms with Crippen LogP contribution in [-0.4, -0.2) is 19.9 Å². The van der Waals surface area contributed by atoms with Crippen LogP contribution in [0.3, 0.4) is 0 Å². The summed E-state index contributed by atoms with van der Waals surface area (Å²) in [5.41, 5.74) is 4.96. The van der Waals surface area contributed by atoms with Crippen molar-refractivity contribution in [2.24, 2.45) is 0 Å². The van der Waals surface area contributed by atoms with Crippen molar-refractivity contribution >= 4 is 17.5 Å². The molecule has 0 fully saturated rings.